The third-order valence-electron chi connectivity index (χ3n) is 3.90. The molecule has 2 N–H and O–H groups in total. The SMILES string of the molecule is COc1ccc(C2=NN(C(N)=S)C(/C=C/c3ccccc3)C2)cc1. The summed E-state index contributed by atoms with van der Waals surface area (Å²) in [5.74, 6) is 0.823. The Kier molecular flexibility index (Phi) is 4.91. The molecule has 122 valence electrons. The summed E-state index contributed by atoms with van der Waals surface area (Å²) >= 11 is 5.15. The fraction of sp³-hybridized carbons (Fsp3) is 0.158. The number of nitrogens with zero attached hydrogens (tertiary/aromatic N) is 2. The molecular weight excluding hydrogens is 318 g/mol. The minimum absolute atomic E-state index is 0.0276. The molecule has 1 unspecified atom stereocenters. The molecule has 1 heterocycles. The number of methoxy groups -OCH3 is 1. The van der Waals surface area contributed by atoms with E-state index in [9.17, 15) is 0 Å². The van der Waals surface area contributed by atoms with Crippen molar-refractivity contribution in [3.8, 4) is 5.75 Å². The third-order valence-corrected chi connectivity index (χ3v) is 4.09. The highest BCUT2D eigenvalue weighted by molar-refractivity contribution is 7.80. The Morgan fingerprint density at radius 2 is 1.92 bits per heavy atom. The molecule has 0 amide bonds. The predicted octanol–water partition coefficient (Wildman–Crippen LogP) is 3.43. The molecule has 5 heteroatoms. The van der Waals surface area contributed by atoms with Crippen molar-refractivity contribution in [1.82, 2.24) is 5.01 Å². The lowest BCUT2D eigenvalue weighted by Crippen LogP contribution is -2.35. The number of ether oxygens (including phenoxy) is 1. The Morgan fingerprint density at radius 3 is 2.54 bits per heavy atom. The highest BCUT2D eigenvalue weighted by atomic mass is 32.1. The number of hydrogen-bond donors (Lipinski definition) is 1. The maximum absolute atomic E-state index is 5.84. The molecule has 4 nitrogen and oxygen atoms in total. The molecule has 2 aromatic carbocycles. The van der Waals surface area contributed by atoms with E-state index in [1.54, 1.807) is 12.1 Å². The first kappa shape index (κ1) is 16.2. The minimum Gasteiger partial charge on any atom is -0.497 e. The summed E-state index contributed by atoms with van der Waals surface area (Å²) in [6, 6.07) is 18.0. The zero-order valence-electron chi connectivity index (χ0n) is 13.4. The summed E-state index contributed by atoms with van der Waals surface area (Å²) in [5, 5.41) is 6.58. The van der Waals surface area contributed by atoms with Gasteiger partial charge in [0.25, 0.3) is 0 Å². The zero-order valence-corrected chi connectivity index (χ0v) is 14.2. The lowest BCUT2D eigenvalue weighted by molar-refractivity contribution is 0.415. The van der Waals surface area contributed by atoms with Crippen LogP contribution in [0, 0.1) is 0 Å². The number of hydrogen-bond acceptors (Lipinski definition) is 3. The number of nitrogens with two attached hydrogens (primary N) is 1. The van der Waals surface area contributed by atoms with Crippen LogP contribution in [0.25, 0.3) is 6.08 Å². The first-order chi connectivity index (χ1) is 11.7. The van der Waals surface area contributed by atoms with Gasteiger partial charge in [-0.2, -0.15) is 5.10 Å². The third kappa shape index (κ3) is 3.63. The van der Waals surface area contributed by atoms with Gasteiger partial charge in [-0.25, -0.2) is 5.01 Å². The van der Waals surface area contributed by atoms with Crippen LogP contribution in [-0.4, -0.2) is 29.0 Å². The second kappa shape index (κ2) is 7.27. The Labute approximate surface area is 147 Å². The number of benzene rings is 2. The molecule has 0 bridgehead atoms. The number of thiocarbonyl (C=S) groups is 1. The molecule has 0 aromatic heterocycles. The molecule has 0 spiro atoms. The van der Waals surface area contributed by atoms with Crippen LogP contribution in [-0.2, 0) is 0 Å². The van der Waals surface area contributed by atoms with Gasteiger partial charge in [-0.15, -0.1) is 0 Å². The molecule has 1 aliphatic rings. The normalized spacial score (nSPS) is 17.1. The predicted molar refractivity (Wildman–Crippen MR) is 102 cm³/mol. The fourth-order valence-electron chi connectivity index (χ4n) is 2.64. The van der Waals surface area contributed by atoms with Gasteiger partial charge in [-0.1, -0.05) is 42.5 Å². The van der Waals surface area contributed by atoms with Crippen LogP contribution >= 0.6 is 12.2 Å². The van der Waals surface area contributed by atoms with E-state index >= 15 is 0 Å². The second-order valence-electron chi connectivity index (χ2n) is 5.50. The van der Waals surface area contributed by atoms with Crippen LogP contribution in [0.5, 0.6) is 5.75 Å². The molecule has 0 fully saturated rings. The molecule has 0 saturated carbocycles. The first-order valence-corrected chi connectivity index (χ1v) is 8.12. The fourth-order valence-corrected chi connectivity index (χ4v) is 2.81. The summed E-state index contributed by atoms with van der Waals surface area (Å²) in [5.41, 5.74) is 8.99. The maximum atomic E-state index is 5.84. The molecule has 1 atom stereocenters. The van der Waals surface area contributed by atoms with Gasteiger partial charge in [0.05, 0.1) is 18.9 Å². The van der Waals surface area contributed by atoms with Gasteiger partial charge < -0.3 is 10.5 Å². The summed E-state index contributed by atoms with van der Waals surface area (Å²) in [6.45, 7) is 0. The number of rotatable bonds is 4. The monoisotopic (exact) mass is 337 g/mol. The Balaban J connectivity index is 1.80. The molecule has 0 saturated heterocycles. The van der Waals surface area contributed by atoms with Crippen LogP contribution in [0.4, 0.5) is 0 Å². The van der Waals surface area contributed by atoms with Gasteiger partial charge in [0, 0.05) is 6.42 Å². The highest BCUT2D eigenvalue weighted by Crippen LogP contribution is 2.23. The van der Waals surface area contributed by atoms with Crippen molar-refractivity contribution in [2.45, 2.75) is 12.5 Å². The lowest BCUT2D eigenvalue weighted by atomic mass is 10.0. The average molecular weight is 337 g/mol. The first-order valence-electron chi connectivity index (χ1n) is 7.71. The average Bonchev–Trinajstić information content (AvgIpc) is 3.05. The van der Waals surface area contributed by atoms with Crippen molar-refractivity contribution < 1.29 is 4.74 Å². The highest BCUT2D eigenvalue weighted by Gasteiger charge is 2.27. The van der Waals surface area contributed by atoms with Crippen molar-refractivity contribution >= 4 is 29.1 Å². The van der Waals surface area contributed by atoms with Crippen LogP contribution in [0.3, 0.4) is 0 Å². The van der Waals surface area contributed by atoms with Crippen LogP contribution in [0.15, 0.2) is 65.8 Å². The summed E-state index contributed by atoms with van der Waals surface area (Å²) < 4.78 is 5.20. The van der Waals surface area contributed by atoms with Crippen molar-refractivity contribution in [2.24, 2.45) is 10.8 Å². The minimum atomic E-state index is 0.0276. The van der Waals surface area contributed by atoms with Crippen LogP contribution in [0.1, 0.15) is 17.5 Å². The van der Waals surface area contributed by atoms with Gasteiger partial charge in [0.15, 0.2) is 5.11 Å². The smallest absolute Gasteiger partial charge is 0.187 e. The molecule has 1 aliphatic heterocycles. The van der Waals surface area contributed by atoms with Gasteiger partial charge in [0.2, 0.25) is 0 Å². The lowest BCUT2D eigenvalue weighted by Gasteiger charge is -2.18. The molecular formula is C19H19N3OS. The van der Waals surface area contributed by atoms with Crippen molar-refractivity contribution in [2.75, 3.05) is 7.11 Å². The van der Waals surface area contributed by atoms with E-state index in [0.717, 1.165) is 29.0 Å². The maximum Gasteiger partial charge on any atom is 0.187 e. The molecule has 2 aromatic rings. The van der Waals surface area contributed by atoms with Crippen molar-refractivity contribution in [1.29, 1.82) is 0 Å². The Bertz CT molecular complexity index is 769. The van der Waals surface area contributed by atoms with E-state index in [2.05, 4.69) is 29.4 Å². The molecule has 0 aliphatic carbocycles. The van der Waals surface area contributed by atoms with E-state index in [4.69, 9.17) is 22.7 Å². The van der Waals surface area contributed by atoms with Crippen molar-refractivity contribution in [3.05, 3.63) is 71.8 Å². The van der Waals surface area contributed by atoms with E-state index in [1.807, 2.05) is 42.5 Å². The van der Waals surface area contributed by atoms with Crippen LogP contribution in [0.2, 0.25) is 0 Å². The summed E-state index contributed by atoms with van der Waals surface area (Å²) in [6.07, 6.45) is 4.92. The Hall–Kier alpha value is -2.66. The molecule has 0 radical (unpaired) electrons. The van der Waals surface area contributed by atoms with E-state index in [1.165, 1.54) is 0 Å². The zero-order chi connectivity index (χ0) is 16.9. The molecule has 24 heavy (non-hydrogen) atoms. The quantitative estimate of drug-likeness (QED) is 0.869. The van der Waals surface area contributed by atoms with Crippen LogP contribution < -0.4 is 10.5 Å². The standard InChI is InChI=1S/C19H19N3OS/c1-23-17-11-8-15(9-12-17)18-13-16(22(21-18)19(20)24)10-7-14-5-3-2-4-6-14/h2-12,16H,13H2,1H3,(H2,20,24)/b10-7+. The van der Waals surface area contributed by atoms with Gasteiger partial charge in [-0.05, 0) is 47.6 Å². The van der Waals surface area contributed by atoms with E-state index in [-0.39, 0.29) is 11.2 Å². The number of hydrazone groups is 1. The van der Waals surface area contributed by atoms with Gasteiger partial charge in [-0.3, -0.25) is 0 Å². The van der Waals surface area contributed by atoms with Crippen molar-refractivity contribution in [3.63, 3.8) is 0 Å². The second-order valence-corrected chi connectivity index (χ2v) is 5.92. The topological polar surface area (TPSA) is 50.8 Å². The summed E-state index contributed by atoms with van der Waals surface area (Å²) in [7, 11) is 1.65. The van der Waals surface area contributed by atoms with Gasteiger partial charge in [0.1, 0.15) is 5.75 Å². The largest absolute Gasteiger partial charge is 0.497 e. The summed E-state index contributed by atoms with van der Waals surface area (Å²) in [4.78, 5) is 0. The van der Waals surface area contributed by atoms with E-state index < -0.39 is 0 Å². The van der Waals surface area contributed by atoms with E-state index in [0.29, 0.717) is 0 Å². The van der Waals surface area contributed by atoms with Gasteiger partial charge >= 0.3 is 0 Å². The Morgan fingerprint density at radius 1 is 1.21 bits per heavy atom. The molecule has 3 rings (SSSR count).